The van der Waals surface area contributed by atoms with Crippen molar-refractivity contribution in [3.05, 3.63) is 57.8 Å². The number of piperidine rings is 1. The lowest BCUT2D eigenvalue weighted by atomic mass is 9.94. The van der Waals surface area contributed by atoms with E-state index in [0.29, 0.717) is 35.4 Å². The molecule has 180 valence electrons. The van der Waals surface area contributed by atoms with Crippen molar-refractivity contribution in [2.75, 3.05) is 18.4 Å². The minimum atomic E-state index is -0.474. The molecular formula is C22H26N6O4S2. The van der Waals surface area contributed by atoms with Crippen LogP contribution in [-0.2, 0) is 11.2 Å². The fraction of sp³-hybridized carbons (Fsp3) is 0.455. The Balaban J connectivity index is 1.30. The number of likely N-dealkylation sites (tertiary alicyclic amines) is 1. The predicted octanol–water partition coefficient (Wildman–Crippen LogP) is 4.74. The molecule has 1 atom stereocenters. The van der Waals surface area contributed by atoms with Gasteiger partial charge in [0.2, 0.25) is 11.0 Å². The maximum Gasteiger partial charge on any atom is 0.269 e. The second kappa shape index (κ2) is 10.1. The molecule has 0 radical (unpaired) electrons. The second-order valence-electron chi connectivity index (χ2n) is 9.07. The lowest BCUT2D eigenvalue weighted by Gasteiger charge is -2.33. The molecule has 1 amide bonds. The third-order valence-electron chi connectivity index (χ3n) is 5.38. The molecule has 34 heavy (non-hydrogen) atoms. The second-order valence-corrected chi connectivity index (χ2v) is 11.3. The SMILES string of the molecule is CC(C)(C)c1cnc(CSc2nnc(NC3CCCN(C(=O)c4ccc([N+](=O)[O-])cc4)C3)s2)o1. The summed E-state index contributed by atoms with van der Waals surface area (Å²) in [4.78, 5) is 29.3. The molecule has 1 aromatic carbocycles. The Bertz CT molecular complexity index is 1150. The van der Waals surface area contributed by atoms with Crippen molar-refractivity contribution in [2.24, 2.45) is 0 Å². The maximum atomic E-state index is 12.9. The van der Waals surface area contributed by atoms with Gasteiger partial charge in [0.25, 0.3) is 11.6 Å². The van der Waals surface area contributed by atoms with Crippen LogP contribution < -0.4 is 5.32 Å². The molecule has 1 unspecified atom stereocenters. The van der Waals surface area contributed by atoms with Crippen LogP contribution in [0.5, 0.6) is 0 Å². The number of non-ortho nitro benzene ring substituents is 1. The van der Waals surface area contributed by atoms with Gasteiger partial charge in [-0.1, -0.05) is 43.9 Å². The first-order valence-corrected chi connectivity index (χ1v) is 12.7. The summed E-state index contributed by atoms with van der Waals surface area (Å²) < 4.78 is 6.64. The Morgan fingerprint density at radius 2 is 2.09 bits per heavy atom. The summed E-state index contributed by atoms with van der Waals surface area (Å²) in [6.07, 6.45) is 3.55. The minimum absolute atomic E-state index is 0.0304. The molecule has 3 aromatic rings. The van der Waals surface area contributed by atoms with E-state index in [9.17, 15) is 14.9 Å². The Labute approximate surface area is 205 Å². The number of benzene rings is 1. The highest BCUT2D eigenvalue weighted by Crippen LogP contribution is 2.31. The molecule has 1 aliphatic rings. The molecule has 0 bridgehead atoms. The molecule has 0 aliphatic carbocycles. The van der Waals surface area contributed by atoms with Crippen molar-refractivity contribution in [1.82, 2.24) is 20.1 Å². The number of oxazole rings is 1. The zero-order chi connectivity index (χ0) is 24.3. The van der Waals surface area contributed by atoms with Crippen LogP contribution in [-0.4, -0.2) is 50.0 Å². The van der Waals surface area contributed by atoms with E-state index in [4.69, 9.17) is 4.42 Å². The first kappa shape index (κ1) is 24.1. The van der Waals surface area contributed by atoms with Crippen molar-refractivity contribution >= 4 is 39.8 Å². The normalized spacial score (nSPS) is 16.4. The monoisotopic (exact) mass is 502 g/mol. The highest BCUT2D eigenvalue weighted by molar-refractivity contribution is 8.00. The minimum Gasteiger partial charge on any atom is -0.444 e. The highest BCUT2D eigenvalue weighted by atomic mass is 32.2. The Hall–Kier alpha value is -2.99. The van der Waals surface area contributed by atoms with Crippen LogP contribution in [0.1, 0.15) is 55.6 Å². The fourth-order valence-corrected chi connectivity index (χ4v) is 5.22. The van der Waals surface area contributed by atoms with E-state index in [0.717, 1.165) is 22.9 Å². The van der Waals surface area contributed by atoms with Gasteiger partial charge in [-0.15, -0.1) is 10.2 Å². The lowest BCUT2D eigenvalue weighted by Crippen LogP contribution is -2.45. The number of hydrogen-bond donors (Lipinski definition) is 1. The van der Waals surface area contributed by atoms with Crippen LogP contribution >= 0.6 is 23.1 Å². The number of thioether (sulfide) groups is 1. The van der Waals surface area contributed by atoms with Gasteiger partial charge in [-0.2, -0.15) is 0 Å². The average molecular weight is 503 g/mol. The zero-order valence-corrected chi connectivity index (χ0v) is 20.8. The molecule has 1 fully saturated rings. The summed E-state index contributed by atoms with van der Waals surface area (Å²) in [7, 11) is 0. The number of nitro benzene ring substituents is 1. The number of amides is 1. The molecule has 4 rings (SSSR count). The first-order valence-electron chi connectivity index (χ1n) is 10.9. The first-order chi connectivity index (χ1) is 16.2. The largest absolute Gasteiger partial charge is 0.444 e. The number of nitro groups is 1. The van der Waals surface area contributed by atoms with Crippen molar-refractivity contribution in [2.45, 2.75) is 55.2 Å². The van der Waals surface area contributed by atoms with E-state index < -0.39 is 4.92 Å². The standard InChI is InChI=1S/C22H26N6O4S2/c1-22(2,3)17-11-23-18(32-17)13-33-21-26-25-20(34-21)24-15-5-4-10-27(12-15)19(29)14-6-8-16(9-7-14)28(30)31/h6-9,11,15H,4-5,10,12-13H2,1-3H3,(H,24,25). The Kier molecular flexibility index (Phi) is 7.17. The molecule has 3 heterocycles. The molecule has 1 saturated heterocycles. The quantitative estimate of drug-likeness (QED) is 0.277. The van der Waals surface area contributed by atoms with Crippen LogP contribution in [0.2, 0.25) is 0 Å². The molecule has 10 nitrogen and oxygen atoms in total. The molecule has 0 spiro atoms. The summed E-state index contributed by atoms with van der Waals surface area (Å²) in [5, 5.41) is 23.4. The average Bonchev–Trinajstić information content (AvgIpc) is 3.47. The van der Waals surface area contributed by atoms with Crippen molar-refractivity contribution in [3.8, 4) is 0 Å². The number of nitrogens with zero attached hydrogens (tertiary/aromatic N) is 5. The van der Waals surface area contributed by atoms with Gasteiger partial charge in [0.05, 0.1) is 16.9 Å². The van der Waals surface area contributed by atoms with Gasteiger partial charge >= 0.3 is 0 Å². The van der Waals surface area contributed by atoms with E-state index in [2.05, 4.69) is 41.3 Å². The maximum absolute atomic E-state index is 12.9. The van der Waals surface area contributed by atoms with E-state index in [1.54, 1.807) is 11.1 Å². The molecule has 1 N–H and O–H groups in total. The zero-order valence-electron chi connectivity index (χ0n) is 19.2. The van der Waals surface area contributed by atoms with Crippen LogP contribution in [0.3, 0.4) is 0 Å². The third kappa shape index (κ3) is 5.92. The Morgan fingerprint density at radius 1 is 1.32 bits per heavy atom. The number of aromatic nitrogens is 3. The van der Waals surface area contributed by atoms with Crippen LogP contribution in [0, 0.1) is 10.1 Å². The molecule has 0 saturated carbocycles. The number of nitrogens with one attached hydrogen (secondary N) is 1. The van der Waals surface area contributed by atoms with Crippen LogP contribution in [0.4, 0.5) is 10.8 Å². The van der Waals surface area contributed by atoms with Gasteiger partial charge < -0.3 is 14.6 Å². The number of anilines is 1. The third-order valence-corrected chi connectivity index (χ3v) is 7.35. The molecule has 2 aromatic heterocycles. The topological polar surface area (TPSA) is 127 Å². The van der Waals surface area contributed by atoms with Crippen molar-refractivity contribution in [1.29, 1.82) is 0 Å². The number of carbonyl (C=O) groups excluding carboxylic acids is 1. The van der Waals surface area contributed by atoms with Gasteiger partial charge in [0.15, 0.2) is 4.34 Å². The van der Waals surface area contributed by atoms with Gasteiger partial charge in [-0.25, -0.2) is 4.98 Å². The van der Waals surface area contributed by atoms with Crippen LogP contribution in [0.15, 0.2) is 39.2 Å². The smallest absolute Gasteiger partial charge is 0.269 e. The predicted molar refractivity (Wildman–Crippen MR) is 130 cm³/mol. The van der Waals surface area contributed by atoms with E-state index in [1.807, 2.05) is 0 Å². The van der Waals surface area contributed by atoms with E-state index in [-0.39, 0.29) is 23.1 Å². The van der Waals surface area contributed by atoms with E-state index >= 15 is 0 Å². The molecular weight excluding hydrogens is 476 g/mol. The van der Waals surface area contributed by atoms with Gasteiger partial charge in [0, 0.05) is 42.2 Å². The molecule has 12 heteroatoms. The van der Waals surface area contributed by atoms with Crippen molar-refractivity contribution < 1.29 is 14.1 Å². The summed E-state index contributed by atoms with van der Waals surface area (Å²) in [5.41, 5.74) is 0.336. The summed E-state index contributed by atoms with van der Waals surface area (Å²) >= 11 is 2.98. The Morgan fingerprint density at radius 3 is 2.76 bits per heavy atom. The number of hydrogen-bond acceptors (Lipinski definition) is 10. The lowest BCUT2D eigenvalue weighted by molar-refractivity contribution is -0.384. The van der Waals surface area contributed by atoms with Gasteiger partial charge in [0.1, 0.15) is 5.76 Å². The van der Waals surface area contributed by atoms with Gasteiger partial charge in [-0.05, 0) is 25.0 Å². The van der Waals surface area contributed by atoms with Crippen LogP contribution in [0.25, 0.3) is 0 Å². The van der Waals surface area contributed by atoms with Crippen molar-refractivity contribution in [3.63, 3.8) is 0 Å². The summed E-state index contributed by atoms with van der Waals surface area (Å²) in [6, 6.07) is 5.78. The summed E-state index contributed by atoms with van der Waals surface area (Å²) in [6.45, 7) is 7.43. The fourth-order valence-electron chi connectivity index (χ4n) is 3.54. The highest BCUT2D eigenvalue weighted by Gasteiger charge is 2.26. The summed E-state index contributed by atoms with van der Waals surface area (Å²) in [5.74, 6) is 1.96. The number of rotatable bonds is 7. The molecule has 1 aliphatic heterocycles. The number of carbonyl (C=O) groups is 1. The van der Waals surface area contributed by atoms with Gasteiger partial charge in [-0.3, -0.25) is 14.9 Å². The van der Waals surface area contributed by atoms with E-state index in [1.165, 1.54) is 47.4 Å².